The van der Waals surface area contributed by atoms with E-state index >= 15 is 0 Å². The predicted molar refractivity (Wildman–Crippen MR) is 114 cm³/mol. The lowest BCUT2D eigenvalue weighted by atomic mass is 9.57. The van der Waals surface area contributed by atoms with Gasteiger partial charge in [0, 0.05) is 43.8 Å². The van der Waals surface area contributed by atoms with Gasteiger partial charge in [-0.05, 0) is 49.3 Å². The Balaban J connectivity index is 1.35. The van der Waals surface area contributed by atoms with Gasteiger partial charge in [-0.2, -0.15) is 0 Å². The molecule has 1 N–H and O–H groups in total. The Hall–Kier alpha value is -1.84. The van der Waals surface area contributed by atoms with Gasteiger partial charge in [-0.25, -0.2) is 0 Å². The minimum Gasteiger partial charge on any atom is -0.385 e. The summed E-state index contributed by atoms with van der Waals surface area (Å²) in [7, 11) is 0. The third-order valence-corrected chi connectivity index (χ3v) is 7.67. The molecule has 3 aliphatic rings. The summed E-state index contributed by atoms with van der Waals surface area (Å²) in [6.45, 7) is 4.37. The van der Waals surface area contributed by atoms with Crippen molar-refractivity contribution in [1.82, 2.24) is 4.90 Å². The molecular weight excluding hydrogens is 344 g/mol. The van der Waals surface area contributed by atoms with Crippen molar-refractivity contribution in [3.8, 4) is 0 Å². The number of benzene rings is 2. The fourth-order valence-electron chi connectivity index (χ4n) is 6.29. The summed E-state index contributed by atoms with van der Waals surface area (Å²) in [5.41, 5.74) is 1.85. The Labute approximate surface area is 169 Å². The standard InChI is InChI=1S/C25H32N2O/c28-25(20-8-3-1-4-9-20)21-10-7-13-23(25)24(15-14-21)27-18-16-26(17-19-27)22-11-5-2-6-12-22/h1-6,8-9,11-12,21,23-24,28H,7,10,13-19H2. The highest BCUT2D eigenvalue weighted by molar-refractivity contribution is 5.46. The van der Waals surface area contributed by atoms with Crippen molar-refractivity contribution in [2.24, 2.45) is 11.8 Å². The molecule has 4 atom stereocenters. The number of piperazine rings is 1. The normalized spacial score (nSPS) is 33.6. The van der Waals surface area contributed by atoms with Crippen molar-refractivity contribution in [2.45, 2.75) is 43.7 Å². The first kappa shape index (κ1) is 18.2. The number of rotatable bonds is 3. The van der Waals surface area contributed by atoms with Gasteiger partial charge in [0.15, 0.2) is 0 Å². The summed E-state index contributed by atoms with van der Waals surface area (Å²) in [6.07, 6.45) is 6.01. The summed E-state index contributed by atoms with van der Waals surface area (Å²) in [5.74, 6) is 0.793. The summed E-state index contributed by atoms with van der Waals surface area (Å²) in [4.78, 5) is 5.20. The van der Waals surface area contributed by atoms with Crippen molar-refractivity contribution < 1.29 is 5.11 Å². The molecule has 148 valence electrons. The van der Waals surface area contributed by atoms with Gasteiger partial charge in [-0.3, -0.25) is 4.90 Å². The molecule has 0 radical (unpaired) electrons. The van der Waals surface area contributed by atoms with E-state index in [-0.39, 0.29) is 0 Å². The molecule has 2 aromatic carbocycles. The van der Waals surface area contributed by atoms with Crippen LogP contribution in [-0.4, -0.2) is 42.2 Å². The molecule has 2 aliphatic carbocycles. The van der Waals surface area contributed by atoms with Gasteiger partial charge >= 0.3 is 0 Å². The molecule has 4 unspecified atom stereocenters. The van der Waals surface area contributed by atoms with Crippen LogP contribution in [0.1, 0.15) is 37.7 Å². The van der Waals surface area contributed by atoms with Gasteiger partial charge in [0.1, 0.15) is 0 Å². The van der Waals surface area contributed by atoms with Gasteiger partial charge in [-0.1, -0.05) is 55.0 Å². The third-order valence-electron chi connectivity index (χ3n) is 7.67. The molecule has 0 spiro atoms. The Morgan fingerprint density at radius 3 is 2.14 bits per heavy atom. The van der Waals surface area contributed by atoms with E-state index in [4.69, 9.17) is 0 Å². The fraction of sp³-hybridized carbons (Fsp3) is 0.520. The second kappa shape index (κ2) is 7.53. The van der Waals surface area contributed by atoms with Crippen LogP contribution >= 0.6 is 0 Å². The summed E-state index contributed by atoms with van der Waals surface area (Å²) in [6, 6.07) is 21.8. The van der Waals surface area contributed by atoms with E-state index in [1.54, 1.807) is 0 Å². The largest absolute Gasteiger partial charge is 0.385 e. The fourth-order valence-corrected chi connectivity index (χ4v) is 6.29. The minimum absolute atomic E-state index is 0.366. The molecule has 0 amide bonds. The molecule has 2 saturated carbocycles. The first-order chi connectivity index (χ1) is 13.8. The van der Waals surface area contributed by atoms with Crippen LogP contribution < -0.4 is 4.90 Å². The van der Waals surface area contributed by atoms with Gasteiger partial charge in [0.25, 0.3) is 0 Å². The lowest BCUT2D eigenvalue weighted by Crippen LogP contribution is -2.61. The maximum absolute atomic E-state index is 12.0. The topological polar surface area (TPSA) is 26.7 Å². The molecule has 2 aromatic rings. The number of aliphatic hydroxyl groups is 1. The van der Waals surface area contributed by atoms with Crippen LogP contribution in [0.3, 0.4) is 0 Å². The molecule has 3 heteroatoms. The van der Waals surface area contributed by atoms with E-state index in [0.29, 0.717) is 17.9 Å². The summed E-state index contributed by atoms with van der Waals surface area (Å²) < 4.78 is 0. The van der Waals surface area contributed by atoms with Gasteiger partial charge in [-0.15, -0.1) is 0 Å². The zero-order chi connectivity index (χ0) is 19.0. The lowest BCUT2D eigenvalue weighted by molar-refractivity contribution is -0.156. The number of nitrogens with zero attached hydrogens (tertiary/aromatic N) is 2. The zero-order valence-electron chi connectivity index (χ0n) is 16.7. The second-order valence-electron chi connectivity index (χ2n) is 8.93. The molecule has 3 fully saturated rings. The van der Waals surface area contributed by atoms with E-state index in [1.807, 2.05) is 0 Å². The maximum Gasteiger partial charge on any atom is 0.0967 e. The van der Waals surface area contributed by atoms with E-state index in [0.717, 1.165) is 44.6 Å². The van der Waals surface area contributed by atoms with Crippen molar-refractivity contribution in [3.63, 3.8) is 0 Å². The van der Waals surface area contributed by atoms with Gasteiger partial charge in [0.05, 0.1) is 5.60 Å². The first-order valence-electron chi connectivity index (χ1n) is 11.1. The van der Waals surface area contributed by atoms with Crippen molar-refractivity contribution in [3.05, 3.63) is 66.2 Å². The van der Waals surface area contributed by atoms with Crippen LogP contribution in [0, 0.1) is 11.8 Å². The van der Waals surface area contributed by atoms with E-state index in [1.165, 1.54) is 24.9 Å². The van der Waals surface area contributed by atoms with E-state index in [2.05, 4.69) is 70.5 Å². The quantitative estimate of drug-likeness (QED) is 0.866. The molecule has 1 saturated heterocycles. The van der Waals surface area contributed by atoms with E-state index < -0.39 is 5.60 Å². The minimum atomic E-state index is -0.640. The predicted octanol–water partition coefficient (Wildman–Crippen LogP) is 4.28. The Morgan fingerprint density at radius 1 is 0.750 bits per heavy atom. The Morgan fingerprint density at radius 2 is 1.43 bits per heavy atom. The monoisotopic (exact) mass is 376 g/mol. The average Bonchev–Trinajstić information content (AvgIpc) is 2.75. The highest BCUT2D eigenvalue weighted by Gasteiger charge is 2.54. The van der Waals surface area contributed by atoms with E-state index in [9.17, 15) is 5.11 Å². The van der Waals surface area contributed by atoms with Crippen molar-refractivity contribution >= 4 is 5.69 Å². The number of fused-ring (bicyclic) bond motifs is 2. The highest BCUT2D eigenvalue weighted by Crippen LogP contribution is 2.54. The van der Waals surface area contributed by atoms with Crippen LogP contribution in [0.2, 0.25) is 0 Å². The smallest absolute Gasteiger partial charge is 0.0967 e. The number of hydrogen-bond acceptors (Lipinski definition) is 3. The SMILES string of the molecule is OC1(c2ccccc2)C2CCCC1C(N1CCN(c3ccccc3)CC1)CC2. The van der Waals surface area contributed by atoms with Crippen LogP contribution in [0.15, 0.2) is 60.7 Å². The molecule has 28 heavy (non-hydrogen) atoms. The maximum atomic E-state index is 12.0. The molecule has 1 heterocycles. The van der Waals surface area contributed by atoms with Gasteiger partial charge in [0.2, 0.25) is 0 Å². The molecular formula is C25H32N2O. The lowest BCUT2D eigenvalue weighted by Gasteiger charge is -2.56. The van der Waals surface area contributed by atoms with Crippen LogP contribution in [-0.2, 0) is 5.60 Å². The molecule has 0 aromatic heterocycles. The molecule has 5 rings (SSSR count). The summed E-state index contributed by atoms with van der Waals surface area (Å²) in [5, 5.41) is 12.0. The van der Waals surface area contributed by atoms with Crippen LogP contribution in [0.5, 0.6) is 0 Å². The Kier molecular flexibility index (Phi) is 4.90. The zero-order valence-corrected chi connectivity index (χ0v) is 16.7. The number of anilines is 1. The van der Waals surface area contributed by atoms with Crippen molar-refractivity contribution in [1.29, 1.82) is 0 Å². The molecule has 1 aliphatic heterocycles. The summed E-state index contributed by atoms with van der Waals surface area (Å²) >= 11 is 0. The van der Waals surface area contributed by atoms with Crippen LogP contribution in [0.4, 0.5) is 5.69 Å². The number of para-hydroxylation sites is 1. The molecule has 2 bridgehead atoms. The van der Waals surface area contributed by atoms with Crippen molar-refractivity contribution in [2.75, 3.05) is 31.1 Å². The van der Waals surface area contributed by atoms with Crippen LogP contribution in [0.25, 0.3) is 0 Å². The molecule has 3 nitrogen and oxygen atoms in total. The van der Waals surface area contributed by atoms with Gasteiger partial charge < -0.3 is 10.0 Å². The Bertz CT molecular complexity index is 772. The third kappa shape index (κ3) is 3.05. The number of hydrogen-bond donors (Lipinski definition) is 1. The average molecular weight is 377 g/mol. The second-order valence-corrected chi connectivity index (χ2v) is 8.93. The first-order valence-corrected chi connectivity index (χ1v) is 11.1. The highest BCUT2D eigenvalue weighted by atomic mass is 16.3.